The molecule has 2 aromatic rings. The number of carbonyl (C=O) groups excluding carboxylic acids is 1. The van der Waals surface area contributed by atoms with Gasteiger partial charge in [-0.25, -0.2) is 4.79 Å². The van der Waals surface area contributed by atoms with E-state index in [0.717, 1.165) is 23.3 Å². The van der Waals surface area contributed by atoms with Gasteiger partial charge in [-0.15, -0.1) is 0 Å². The monoisotopic (exact) mass is 321 g/mol. The summed E-state index contributed by atoms with van der Waals surface area (Å²) in [5.74, 6) is 0.498. The van der Waals surface area contributed by atoms with Crippen LogP contribution in [0.15, 0.2) is 54.1 Å². The number of nitriles is 1. The van der Waals surface area contributed by atoms with Gasteiger partial charge in [-0.3, -0.25) is 0 Å². The molecule has 0 N–H and O–H groups in total. The van der Waals surface area contributed by atoms with E-state index < -0.39 is 5.97 Å². The van der Waals surface area contributed by atoms with E-state index in [4.69, 9.17) is 9.47 Å². The van der Waals surface area contributed by atoms with Crippen LogP contribution in [0.1, 0.15) is 24.5 Å². The predicted molar refractivity (Wildman–Crippen MR) is 92.6 cm³/mol. The van der Waals surface area contributed by atoms with Gasteiger partial charge in [-0.05, 0) is 49.2 Å². The van der Waals surface area contributed by atoms with Gasteiger partial charge in [0.15, 0.2) is 0 Å². The Kier molecular flexibility index (Phi) is 6.16. The molecular weight excluding hydrogens is 302 g/mol. The summed E-state index contributed by atoms with van der Waals surface area (Å²) in [6.07, 6.45) is 2.44. The van der Waals surface area contributed by atoms with Crippen LogP contribution in [-0.4, -0.2) is 12.6 Å². The molecule has 2 aromatic carbocycles. The second-order valence-electron chi connectivity index (χ2n) is 5.29. The number of esters is 1. The summed E-state index contributed by atoms with van der Waals surface area (Å²) in [5, 5.41) is 9.21. The lowest BCUT2D eigenvalue weighted by Gasteiger charge is -2.05. The molecule has 0 spiro atoms. The molecule has 0 heterocycles. The maximum atomic E-state index is 12.1. The molecular formula is C20H19NO3. The van der Waals surface area contributed by atoms with Crippen molar-refractivity contribution in [3.05, 3.63) is 65.2 Å². The summed E-state index contributed by atoms with van der Waals surface area (Å²) in [6.45, 7) is 4.64. The highest BCUT2D eigenvalue weighted by atomic mass is 16.5. The molecule has 4 heteroatoms. The van der Waals surface area contributed by atoms with Crippen molar-refractivity contribution >= 4 is 12.0 Å². The van der Waals surface area contributed by atoms with Gasteiger partial charge < -0.3 is 9.47 Å². The van der Waals surface area contributed by atoms with Gasteiger partial charge in [0.1, 0.15) is 23.1 Å². The molecule has 0 saturated heterocycles. The fourth-order valence-electron chi connectivity index (χ4n) is 1.95. The van der Waals surface area contributed by atoms with Gasteiger partial charge in [-0.1, -0.05) is 36.8 Å². The third kappa shape index (κ3) is 4.99. The Balaban J connectivity index is 2.09. The van der Waals surface area contributed by atoms with Crippen LogP contribution in [0.2, 0.25) is 0 Å². The van der Waals surface area contributed by atoms with Crippen LogP contribution in [0.25, 0.3) is 6.08 Å². The Labute approximate surface area is 141 Å². The lowest BCUT2D eigenvalue weighted by Crippen LogP contribution is -2.10. The molecule has 0 radical (unpaired) electrons. The maximum absolute atomic E-state index is 12.1. The summed E-state index contributed by atoms with van der Waals surface area (Å²) in [7, 11) is 0. The predicted octanol–water partition coefficient (Wildman–Crippen LogP) is 4.30. The molecule has 122 valence electrons. The summed E-state index contributed by atoms with van der Waals surface area (Å²) >= 11 is 0. The van der Waals surface area contributed by atoms with E-state index in [-0.39, 0.29) is 5.57 Å². The van der Waals surface area contributed by atoms with Crippen LogP contribution >= 0.6 is 0 Å². The third-order valence-corrected chi connectivity index (χ3v) is 3.24. The van der Waals surface area contributed by atoms with Crippen molar-refractivity contribution in [3.8, 4) is 17.6 Å². The number of carbonyl (C=O) groups is 1. The van der Waals surface area contributed by atoms with E-state index in [0.29, 0.717) is 12.4 Å². The first-order chi connectivity index (χ1) is 11.6. The highest BCUT2D eigenvalue weighted by molar-refractivity contribution is 5.99. The van der Waals surface area contributed by atoms with E-state index in [1.807, 2.05) is 44.2 Å². The molecule has 0 atom stereocenters. The van der Waals surface area contributed by atoms with Gasteiger partial charge in [0.25, 0.3) is 0 Å². The first-order valence-corrected chi connectivity index (χ1v) is 7.76. The van der Waals surface area contributed by atoms with Crippen molar-refractivity contribution < 1.29 is 14.3 Å². The molecule has 0 aliphatic rings. The van der Waals surface area contributed by atoms with Crippen LogP contribution in [-0.2, 0) is 4.79 Å². The van der Waals surface area contributed by atoms with E-state index >= 15 is 0 Å². The number of hydrogen-bond acceptors (Lipinski definition) is 4. The fourth-order valence-corrected chi connectivity index (χ4v) is 1.95. The van der Waals surface area contributed by atoms with Gasteiger partial charge in [-0.2, -0.15) is 5.26 Å². The van der Waals surface area contributed by atoms with Crippen LogP contribution in [0.4, 0.5) is 0 Å². The summed E-state index contributed by atoms with van der Waals surface area (Å²) in [5.41, 5.74) is 1.74. The first kappa shape index (κ1) is 17.3. The quantitative estimate of drug-likeness (QED) is 0.344. The SMILES string of the molecule is CCCOc1ccc(/C=C(\C#N)C(=O)Oc2ccc(C)cc2)cc1. The molecule has 0 aromatic heterocycles. The van der Waals surface area contributed by atoms with Crippen LogP contribution in [0, 0.1) is 18.3 Å². The number of nitrogens with zero attached hydrogens (tertiary/aromatic N) is 1. The Bertz CT molecular complexity index is 753. The second kappa shape index (κ2) is 8.54. The number of ether oxygens (including phenoxy) is 2. The minimum atomic E-state index is -0.673. The minimum absolute atomic E-state index is 0.0576. The van der Waals surface area contributed by atoms with E-state index in [1.54, 1.807) is 24.3 Å². The molecule has 0 aliphatic carbocycles. The van der Waals surface area contributed by atoms with E-state index in [9.17, 15) is 10.1 Å². The lowest BCUT2D eigenvalue weighted by molar-refractivity contribution is -0.129. The molecule has 24 heavy (non-hydrogen) atoms. The second-order valence-corrected chi connectivity index (χ2v) is 5.29. The van der Waals surface area contributed by atoms with Crippen LogP contribution < -0.4 is 9.47 Å². The summed E-state index contributed by atoms with van der Waals surface area (Å²) in [6, 6.07) is 16.2. The number of hydrogen-bond donors (Lipinski definition) is 0. The van der Waals surface area contributed by atoms with Crippen molar-refractivity contribution in [2.24, 2.45) is 0 Å². The average molecular weight is 321 g/mol. The Hall–Kier alpha value is -3.06. The van der Waals surface area contributed by atoms with Crippen molar-refractivity contribution in [3.63, 3.8) is 0 Å². The van der Waals surface area contributed by atoms with Crippen molar-refractivity contribution in [2.45, 2.75) is 20.3 Å². The van der Waals surface area contributed by atoms with Gasteiger partial charge in [0.05, 0.1) is 6.61 Å². The van der Waals surface area contributed by atoms with Gasteiger partial charge in [0, 0.05) is 0 Å². The van der Waals surface area contributed by atoms with Crippen LogP contribution in [0.3, 0.4) is 0 Å². The van der Waals surface area contributed by atoms with Crippen LogP contribution in [0.5, 0.6) is 11.5 Å². The first-order valence-electron chi connectivity index (χ1n) is 7.76. The average Bonchev–Trinajstić information content (AvgIpc) is 2.60. The summed E-state index contributed by atoms with van der Waals surface area (Å²) < 4.78 is 10.7. The normalized spacial score (nSPS) is 10.8. The van der Waals surface area contributed by atoms with Gasteiger partial charge >= 0.3 is 5.97 Å². The molecule has 0 aliphatic heterocycles. The minimum Gasteiger partial charge on any atom is -0.494 e. The van der Waals surface area contributed by atoms with Crippen molar-refractivity contribution in [1.29, 1.82) is 5.26 Å². The molecule has 0 amide bonds. The fraction of sp³-hybridized carbons (Fsp3) is 0.200. The number of rotatable bonds is 6. The Morgan fingerprint density at radius 1 is 1.08 bits per heavy atom. The van der Waals surface area contributed by atoms with E-state index in [1.165, 1.54) is 6.08 Å². The molecule has 0 unspecified atom stereocenters. The van der Waals surface area contributed by atoms with Gasteiger partial charge in [0.2, 0.25) is 0 Å². The molecule has 4 nitrogen and oxygen atoms in total. The zero-order chi connectivity index (χ0) is 17.4. The summed E-state index contributed by atoms with van der Waals surface area (Å²) in [4.78, 5) is 12.1. The largest absolute Gasteiger partial charge is 0.494 e. The van der Waals surface area contributed by atoms with Crippen molar-refractivity contribution in [2.75, 3.05) is 6.61 Å². The lowest BCUT2D eigenvalue weighted by atomic mass is 10.1. The molecule has 2 rings (SSSR count). The number of aryl methyl sites for hydroxylation is 1. The third-order valence-electron chi connectivity index (χ3n) is 3.24. The van der Waals surface area contributed by atoms with Crippen molar-refractivity contribution in [1.82, 2.24) is 0 Å². The smallest absolute Gasteiger partial charge is 0.354 e. The Morgan fingerprint density at radius 2 is 1.71 bits per heavy atom. The zero-order valence-electron chi connectivity index (χ0n) is 13.8. The van der Waals surface area contributed by atoms with E-state index in [2.05, 4.69) is 0 Å². The molecule has 0 fully saturated rings. The number of benzene rings is 2. The highest BCUT2D eigenvalue weighted by Gasteiger charge is 2.12. The molecule has 0 bridgehead atoms. The maximum Gasteiger partial charge on any atom is 0.354 e. The highest BCUT2D eigenvalue weighted by Crippen LogP contribution is 2.17. The zero-order valence-corrected chi connectivity index (χ0v) is 13.8. The topological polar surface area (TPSA) is 59.3 Å². The standard InChI is InChI=1S/C20H19NO3/c1-3-12-23-18-10-6-16(7-11-18)13-17(14-21)20(22)24-19-8-4-15(2)5-9-19/h4-11,13H,3,12H2,1-2H3/b17-13+. The molecule has 0 saturated carbocycles. The Morgan fingerprint density at radius 3 is 2.29 bits per heavy atom.